The molecule has 1 N–H and O–H groups in total. The molecule has 7 heteroatoms. The number of halogens is 2. The van der Waals surface area contributed by atoms with Crippen molar-refractivity contribution >= 4 is 9.84 Å². The Labute approximate surface area is 124 Å². The Morgan fingerprint density at radius 3 is 2.10 bits per heavy atom. The second-order valence-electron chi connectivity index (χ2n) is 5.37. The fraction of sp³-hybridized carbons (Fsp3) is 0.571. The van der Waals surface area contributed by atoms with Crippen molar-refractivity contribution in [3.8, 4) is 5.75 Å². The highest BCUT2D eigenvalue weighted by Gasteiger charge is 2.42. The van der Waals surface area contributed by atoms with Gasteiger partial charge in [0.05, 0.1) is 17.9 Å². The van der Waals surface area contributed by atoms with Gasteiger partial charge in [-0.2, -0.15) is 0 Å². The molecule has 1 aromatic carbocycles. The Bertz CT molecular complexity index is 592. The van der Waals surface area contributed by atoms with Crippen LogP contribution in [0.3, 0.4) is 0 Å². The fourth-order valence-electron chi connectivity index (χ4n) is 2.07. The molecule has 0 fully saturated rings. The van der Waals surface area contributed by atoms with Crippen LogP contribution in [0.25, 0.3) is 0 Å². The largest absolute Gasteiger partial charge is 0.497 e. The Hall–Kier alpha value is -1.21. The van der Waals surface area contributed by atoms with Crippen molar-refractivity contribution in [3.05, 3.63) is 29.3 Å². The summed E-state index contributed by atoms with van der Waals surface area (Å²) in [6, 6.07) is 1.07. The number of nitrogens with one attached hydrogen (secondary N) is 1. The Kier molecular flexibility index (Phi) is 5.33. The first kappa shape index (κ1) is 17.8. The minimum Gasteiger partial charge on any atom is -0.497 e. The maximum atomic E-state index is 14.2. The van der Waals surface area contributed by atoms with Crippen LogP contribution in [0.4, 0.5) is 8.78 Å². The molecule has 0 saturated carbocycles. The second kappa shape index (κ2) is 6.27. The van der Waals surface area contributed by atoms with Gasteiger partial charge in [-0.15, -0.1) is 0 Å². The molecule has 1 rings (SSSR count). The van der Waals surface area contributed by atoms with Gasteiger partial charge in [-0.25, -0.2) is 17.2 Å². The molecule has 0 aliphatic rings. The van der Waals surface area contributed by atoms with Crippen molar-refractivity contribution in [3.63, 3.8) is 0 Å². The van der Waals surface area contributed by atoms with Gasteiger partial charge >= 0.3 is 0 Å². The lowest BCUT2D eigenvalue weighted by Gasteiger charge is -2.34. The van der Waals surface area contributed by atoms with Gasteiger partial charge in [0.1, 0.15) is 17.4 Å². The van der Waals surface area contributed by atoms with Crippen LogP contribution in [0.15, 0.2) is 12.1 Å². The number of hydrogen-bond acceptors (Lipinski definition) is 4. The van der Waals surface area contributed by atoms with E-state index in [4.69, 9.17) is 4.74 Å². The number of rotatable bonds is 6. The molecule has 4 nitrogen and oxygen atoms in total. The van der Waals surface area contributed by atoms with Crippen LogP contribution < -0.4 is 10.1 Å². The Balaban J connectivity index is 3.51. The highest BCUT2D eigenvalue weighted by molar-refractivity contribution is 7.92. The van der Waals surface area contributed by atoms with Gasteiger partial charge in [-0.05, 0) is 20.4 Å². The number of benzene rings is 1. The molecule has 1 aromatic rings. The lowest BCUT2D eigenvalue weighted by molar-refractivity contribution is 0.382. The number of methoxy groups -OCH3 is 1. The molecule has 0 aliphatic carbocycles. The minimum atomic E-state index is -3.55. The molecule has 0 aromatic heterocycles. The normalized spacial score (nSPS) is 14.0. The molecule has 0 bridgehead atoms. The van der Waals surface area contributed by atoms with Gasteiger partial charge in [0.15, 0.2) is 9.84 Å². The summed E-state index contributed by atoms with van der Waals surface area (Å²) in [6.45, 7) is 5.00. The van der Waals surface area contributed by atoms with Crippen molar-refractivity contribution in [2.75, 3.05) is 19.9 Å². The van der Waals surface area contributed by atoms with Gasteiger partial charge in [0, 0.05) is 24.0 Å². The zero-order valence-electron chi connectivity index (χ0n) is 12.8. The molecule has 1 unspecified atom stereocenters. The minimum absolute atomic E-state index is 0.0427. The van der Waals surface area contributed by atoms with Gasteiger partial charge in [0.25, 0.3) is 0 Å². The topological polar surface area (TPSA) is 55.4 Å². The average Bonchev–Trinajstić information content (AvgIpc) is 2.35. The molecule has 0 spiro atoms. The predicted molar refractivity (Wildman–Crippen MR) is 78.3 cm³/mol. The van der Waals surface area contributed by atoms with E-state index in [1.807, 2.05) is 0 Å². The lowest BCUT2D eigenvalue weighted by atomic mass is 9.94. The summed E-state index contributed by atoms with van der Waals surface area (Å²) in [5.41, 5.74) is -0.298. The van der Waals surface area contributed by atoms with Gasteiger partial charge in [-0.1, -0.05) is 6.92 Å². The summed E-state index contributed by atoms with van der Waals surface area (Å²) in [5.74, 6) is -1.63. The molecule has 1 atom stereocenters. The molecule has 0 amide bonds. The number of ether oxygens (including phenoxy) is 1. The van der Waals surface area contributed by atoms with E-state index in [1.54, 1.807) is 6.92 Å². The van der Waals surface area contributed by atoms with Crippen LogP contribution in [0, 0.1) is 11.6 Å². The van der Waals surface area contributed by atoms with E-state index in [9.17, 15) is 17.2 Å². The highest BCUT2D eigenvalue weighted by atomic mass is 32.2. The van der Waals surface area contributed by atoms with Crippen molar-refractivity contribution in [2.45, 2.75) is 31.6 Å². The third kappa shape index (κ3) is 3.52. The third-order valence-corrected chi connectivity index (χ3v) is 5.78. The molecule has 0 aliphatic heterocycles. The summed E-state index contributed by atoms with van der Waals surface area (Å²) in [5, 5.41) is 2.86. The smallest absolute Gasteiger partial charge is 0.154 e. The highest BCUT2D eigenvalue weighted by Crippen LogP contribution is 2.36. The van der Waals surface area contributed by atoms with Gasteiger partial charge < -0.3 is 10.1 Å². The van der Waals surface area contributed by atoms with E-state index in [-0.39, 0.29) is 11.3 Å². The van der Waals surface area contributed by atoms with Crippen LogP contribution in [0.2, 0.25) is 0 Å². The quantitative estimate of drug-likeness (QED) is 0.874. The zero-order valence-corrected chi connectivity index (χ0v) is 13.6. The van der Waals surface area contributed by atoms with Gasteiger partial charge in [0.2, 0.25) is 0 Å². The van der Waals surface area contributed by atoms with Crippen molar-refractivity contribution in [1.29, 1.82) is 0 Å². The van der Waals surface area contributed by atoms with E-state index in [1.165, 1.54) is 21.0 Å². The standard InChI is InChI=1S/C14H21F2NO3S/c1-6-17-13(14(2,3)21(5,18)19)12-10(15)7-9(20-4)8-11(12)16/h7-8,13,17H,6H2,1-5H3. The summed E-state index contributed by atoms with van der Waals surface area (Å²) in [6.07, 6.45) is 1.05. The fourth-order valence-corrected chi connectivity index (χ4v) is 2.70. The molecular formula is C14H21F2NO3S. The van der Waals surface area contributed by atoms with Crippen molar-refractivity contribution in [2.24, 2.45) is 0 Å². The maximum absolute atomic E-state index is 14.2. The predicted octanol–water partition coefficient (Wildman–Crippen LogP) is 2.45. The Morgan fingerprint density at radius 1 is 1.29 bits per heavy atom. The monoisotopic (exact) mass is 321 g/mol. The van der Waals surface area contributed by atoms with Crippen LogP contribution in [-0.2, 0) is 9.84 Å². The molecular weight excluding hydrogens is 300 g/mol. The van der Waals surface area contributed by atoms with E-state index in [2.05, 4.69) is 5.32 Å². The number of hydrogen-bond donors (Lipinski definition) is 1. The first-order chi connectivity index (χ1) is 9.56. The van der Waals surface area contributed by atoms with Gasteiger partial charge in [-0.3, -0.25) is 0 Å². The molecule has 0 saturated heterocycles. The molecule has 0 heterocycles. The van der Waals surface area contributed by atoms with E-state index in [0.717, 1.165) is 18.4 Å². The zero-order chi connectivity index (χ0) is 16.4. The maximum Gasteiger partial charge on any atom is 0.154 e. The van der Waals surface area contributed by atoms with E-state index < -0.39 is 32.3 Å². The molecule has 21 heavy (non-hydrogen) atoms. The summed E-state index contributed by atoms with van der Waals surface area (Å²) < 4.78 is 55.9. The molecule has 0 radical (unpaired) electrons. The van der Waals surface area contributed by atoms with Crippen LogP contribution >= 0.6 is 0 Å². The SMILES string of the molecule is CCNC(c1c(F)cc(OC)cc1F)C(C)(C)S(C)(=O)=O. The average molecular weight is 321 g/mol. The summed E-state index contributed by atoms with van der Waals surface area (Å²) in [7, 11) is -2.25. The lowest BCUT2D eigenvalue weighted by Crippen LogP contribution is -2.45. The second-order valence-corrected chi connectivity index (χ2v) is 7.97. The van der Waals surface area contributed by atoms with Crippen LogP contribution in [0.1, 0.15) is 32.4 Å². The van der Waals surface area contributed by atoms with E-state index in [0.29, 0.717) is 6.54 Å². The third-order valence-electron chi connectivity index (χ3n) is 3.64. The summed E-state index contributed by atoms with van der Waals surface area (Å²) in [4.78, 5) is 0. The first-order valence-electron chi connectivity index (χ1n) is 6.52. The number of sulfone groups is 1. The first-order valence-corrected chi connectivity index (χ1v) is 8.41. The van der Waals surface area contributed by atoms with Crippen molar-refractivity contribution in [1.82, 2.24) is 5.32 Å². The molecule has 120 valence electrons. The van der Waals surface area contributed by atoms with Crippen molar-refractivity contribution < 1.29 is 21.9 Å². The summed E-state index contributed by atoms with van der Waals surface area (Å²) >= 11 is 0. The van der Waals surface area contributed by atoms with E-state index >= 15 is 0 Å². The van der Waals surface area contributed by atoms with Crippen LogP contribution in [0.5, 0.6) is 5.75 Å². The Morgan fingerprint density at radius 2 is 1.76 bits per heavy atom. The van der Waals surface area contributed by atoms with Crippen LogP contribution in [-0.4, -0.2) is 33.1 Å².